The first kappa shape index (κ1) is 22.9. The highest BCUT2D eigenvalue weighted by atomic mass is 127. The molecule has 0 radical (unpaired) electrons. The van der Waals surface area contributed by atoms with Gasteiger partial charge in [-0.05, 0) is 19.3 Å². The number of ether oxygens (including phenoxy) is 2. The largest absolute Gasteiger partial charge is 0.385 e. The van der Waals surface area contributed by atoms with Crippen molar-refractivity contribution in [3.63, 3.8) is 0 Å². The Kier molecular flexibility index (Phi) is 14.2. The third-order valence-corrected chi connectivity index (χ3v) is 3.46. The van der Waals surface area contributed by atoms with Crippen molar-refractivity contribution < 1.29 is 9.47 Å². The van der Waals surface area contributed by atoms with Gasteiger partial charge >= 0.3 is 0 Å². The van der Waals surface area contributed by atoms with Crippen molar-refractivity contribution in [3.8, 4) is 0 Å². The summed E-state index contributed by atoms with van der Waals surface area (Å²) in [6, 6.07) is 0. The lowest BCUT2D eigenvalue weighted by Gasteiger charge is -2.33. The molecule has 138 valence electrons. The van der Waals surface area contributed by atoms with Crippen LogP contribution >= 0.6 is 24.0 Å². The third kappa shape index (κ3) is 11.1. The Morgan fingerprint density at radius 1 is 1.39 bits per heavy atom. The predicted molar refractivity (Wildman–Crippen MR) is 107 cm³/mol. The van der Waals surface area contributed by atoms with Gasteiger partial charge in [-0.25, -0.2) is 0 Å². The number of methoxy groups -OCH3 is 1. The summed E-state index contributed by atoms with van der Waals surface area (Å²) in [4.78, 5) is 7.13. The minimum atomic E-state index is 0. The molecule has 0 aromatic heterocycles. The second kappa shape index (κ2) is 14.2. The fraction of sp³-hybridized carbons (Fsp3) is 0.938. The molecule has 0 spiro atoms. The normalized spacial score (nSPS) is 19.5. The molecule has 1 aliphatic rings. The lowest BCUT2D eigenvalue weighted by Crippen LogP contribution is -2.46. The number of aliphatic imine (C=N–C) groups is 1. The SMILES string of the molecule is CCNC(=NCC1CN(CC(C)C)CCO1)NCCCOC.I. The van der Waals surface area contributed by atoms with E-state index >= 15 is 0 Å². The first-order valence-corrected chi connectivity index (χ1v) is 8.50. The van der Waals surface area contributed by atoms with Crippen LogP contribution in [-0.4, -0.2) is 76.6 Å². The fourth-order valence-corrected chi connectivity index (χ4v) is 2.53. The second-order valence-electron chi connectivity index (χ2n) is 6.14. The Labute approximate surface area is 158 Å². The Morgan fingerprint density at radius 2 is 2.17 bits per heavy atom. The van der Waals surface area contributed by atoms with Crippen molar-refractivity contribution in [2.24, 2.45) is 10.9 Å². The molecule has 1 aliphatic heterocycles. The van der Waals surface area contributed by atoms with Crippen molar-refractivity contribution in [1.82, 2.24) is 15.5 Å². The minimum absolute atomic E-state index is 0. The van der Waals surface area contributed by atoms with Gasteiger partial charge in [-0.1, -0.05) is 13.8 Å². The summed E-state index contributed by atoms with van der Waals surface area (Å²) >= 11 is 0. The van der Waals surface area contributed by atoms with E-state index < -0.39 is 0 Å². The zero-order valence-corrected chi connectivity index (χ0v) is 17.5. The van der Waals surface area contributed by atoms with Gasteiger partial charge in [-0.2, -0.15) is 0 Å². The standard InChI is InChI=1S/C16H34N4O2.HI/c1-5-17-16(18-7-6-9-21-4)19-11-15-13-20(8-10-22-15)12-14(2)3;/h14-15H,5-13H2,1-4H3,(H2,17,18,19);1H. The molecule has 1 heterocycles. The van der Waals surface area contributed by atoms with E-state index in [-0.39, 0.29) is 30.1 Å². The van der Waals surface area contributed by atoms with Crippen LogP contribution in [0.1, 0.15) is 27.2 Å². The predicted octanol–water partition coefficient (Wildman–Crippen LogP) is 1.55. The van der Waals surface area contributed by atoms with Crippen LogP contribution in [0, 0.1) is 5.92 Å². The molecule has 1 unspecified atom stereocenters. The highest BCUT2D eigenvalue weighted by molar-refractivity contribution is 14.0. The van der Waals surface area contributed by atoms with E-state index in [9.17, 15) is 0 Å². The second-order valence-corrected chi connectivity index (χ2v) is 6.14. The van der Waals surface area contributed by atoms with Crippen LogP contribution in [0.3, 0.4) is 0 Å². The first-order valence-electron chi connectivity index (χ1n) is 8.50. The van der Waals surface area contributed by atoms with Gasteiger partial charge in [-0.15, -0.1) is 24.0 Å². The van der Waals surface area contributed by atoms with Crippen LogP contribution in [0.4, 0.5) is 0 Å². The van der Waals surface area contributed by atoms with Gasteiger partial charge in [0.15, 0.2) is 5.96 Å². The van der Waals surface area contributed by atoms with Crippen LogP contribution in [0.2, 0.25) is 0 Å². The zero-order valence-electron chi connectivity index (χ0n) is 15.1. The molecule has 1 atom stereocenters. The highest BCUT2D eigenvalue weighted by Crippen LogP contribution is 2.08. The molecule has 6 nitrogen and oxygen atoms in total. The molecule has 0 amide bonds. The van der Waals surface area contributed by atoms with E-state index in [1.807, 2.05) is 0 Å². The lowest BCUT2D eigenvalue weighted by atomic mass is 10.2. The van der Waals surface area contributed by atoms with Crippen LogP contribution < -0.4 is 10.6 Å². The number of halogens is 1. The molecule has 7 heteroatoms. The molecule has 1 rings (SSSR count). The molecule has 2 N–H and O–H groups in total. The summed E-state index contributed by atoms with van der Waals surface area (Å²) in [5.74, 6) is 1.56. The van der Waals surface area contributed by atoms with E-state index in [0.29, 0.717) is 12.5 Å². The first-order chi connectivity index (χ1) is 10.7. The molecule has 0 aromatic rings. The van der Waals surface area contributed by atoms with Gasteiger partial charge in [0.05, 0.1) is 19.3 Å². The number of nitrogens with zero attached hydrogens (tertiary/aromatic N) is 2. The summed E-state index contributed by atoms with van der Waals surface area (Å²) in [7, 11) is 1.72. The third-order valence-electron chi connectivity index (χ3n) is 3.46. The van der Waals surface area contributed by atoms with Crippen molar-refractivity contribution in [1.29, 1.82) is 0 Å². The number of nitrogens with one attached hydrogen (secondary N) is 2. The maximum Gasteiger partial charge on any atom is 0.191 e. The van der Waals surface area contributed by atoms with Crippen LogP contribution in [0.5, 0.6) is 0 Å². The molecule has 23 heavy (non-hydrogen) atoms. The molecule has 1 fully saturated rings. The average Bonchev–Trinajstić information content (AvgIpc) is 2.49. The summed E-state index contributed by atoms with van der Waals surface area (Å²) < 4.78 is 10.9. The number of morpholine rings is 1. The van der Waals surface area contributed by atoms with E-state index in [1.165, 1.54) is 0 Å². The number of rotatable bonds is 9. The summed E-state index contributed by atoms with van der Waals surface area (Å²) in [5, 5.41) is 6.60. The van der Waals surface area contributed by atoms with Crippen LogP contribution in [0.25, 0.3) is 0 Å². The summed E-state index contributed by atoms with van der Waals surface area (Å²) in [6.45, 7) is 13.8. The van der Waals surface area contributed by atoms with Crippen molar-refractivity contribution in [3.05, 3.63) is 0 Å². The van der Waals surface area contributed by atoms with Gasteiger partial charge in [0, 0.05) is 46.4 Å². The molecule has 0 aliphatic carbocycles. The van der Waals surface area contributed by atoms with E-state index in [0.717, 1.165) is 58.3 Å². The van der Waals surface area contributed by atoms with Gasteiger partial charge < -0.3 is 20.1 Å². The Balaban J connectivity index is 0.00000484. The molecular weight excluding hydrogens is 407 g/mol. The average molecular weight is 442 g/mol. The summed E-state index contributed by atoms with van der Waals surface area (Å²) in [5.41, 5.74) is 0. The molecule has 0 saturated carbocycles. The lowest BCUT2D eigenvalue weighted by molar-refractivity contribution is -0.0261. The molecule has 1 saturated heterocycles. The van der Waals surface area contributed by atoms with Gasteiger partial charge in [0.1, 0.15) is 0 Å². The quantitative estimate of drug-likeness (QED) is 0.246. The topological polar surface area (TPSA) is 58.1 Å². The number of guanidine groups is 1. The molecule has 0 aromatic carbocycles. The van der Waals surface area contributed by atoms with Gasteiger partial charge in [0.2, 0.25) is 0 Å². The van der Waals surface area contributed by atoms with Crippen LogP contribution in [0.15, 0.2) is 4.99 Å². The maximum absolute atomic E-state index is 5.84. The smallest absolute Gasteiger partial charge is 0.191 e. The number of hydrogen-bond acceptors (Lipinski definition) is 4. The van der Waals surface area contributed by atoms with Crippen molar-refractivity contribution >= 4 is 29.9 Å². The van der Waals surface area contributed by atoms with E-state index in [4.69, 9.17) is 9.47 Å². The number of hydrogen-bond donors (Lipinski definition) is 2. The highest BCUT2D eigenvalue weighted by Gasteiger charge is 2.20. The Hall–Kier alpha value is -0.120. The zero-order chi connectivity index (χ0) is 16.2. The van der Waals surface area contributed by atoms with E-state index in [2.05, 4.69) is 41.3 Å². The monoisotopic (exact) mass is 442 g/mol. The summed E-state index contributed by atoms with van der Waals surface area (Å²) in [6.07, 6.45) is 1.17. The maximum atomic E-state index is 5.84. The van der Waals surface area contributed by atoms with Crippen molar-refractivity contribution in [2.75, 3.05) is 59.6 Å². The van der Waals surface area contributed by atoms with Crippen molar-refractivity contribution in [2.45, 2.75) is 33.3 Å². The van der Waals surface area contributed by atoms with E-state index in [1.54, 1.807) is 7.11 Å². The van der Waals surface area contributed by atoms with Gasteiger partial charge in [-0.3, -0.25) is 9.89 Å². The molecular formula is C16H35IN4O2. The molecule has 0 bridgehead atoms. The van der Waals surface area contributed by atoms with Crippen LogP contribution in [-0.2, 0) is 9.47 Å². The fourth-order valence-electron chi connectivity index (χ4n) is 2.53. The Morgan fingerprint density at radius 3 is 2.83 bits per heavy atom. The van der Waals surface area contributed by atoms with Gasteiger partial charge in [0.25, 0.3) is 0 Å². The minimum Gasteiger partial charge on any atom is -0.385 e. The Bertz CT molecular complexity index is 316.